The number of nitrogens with one attached hydrogen (secondary N) is 1. The smallest absolute Gasteiger partial charge is 0.0991 e. The molecule has 20 heavy (non-hydrogen) atoms. The Morgan fingerprint density at radius 3 is 2.65 bits per heavy atom. The molecule has 0 aliphatic heterocycles. The average Bonchev–Trinajstić information content (AvgIpc) is 3.01. The van der Waals surface area contributed by atoms with Crippen LogP contribution in [0.1, 0.15) is 32.3 Å². The van der Waals surface area contributed by atoms with Crippen molar-refractivity contribution in [2.24, 2.45) is 0 Å². The van der Waals surface area contributed by atoms with E-state index in [1.54, 1.807) is 6.20 Å². The number of aromatic nitrogens is 2. The maximum absolute atomic E-state index is 4.07. The minimum absolute atomic E-state index is 0.980. The Labute approximate surface area is 121 Å². The maximum Gasteiger partial charge on any atom is 0.0991 e. The van der Waals surface area contributed by atoms with E-state index in [1.807, 2.05) is 17.1 Å². The van der Waals surface area contributed by atoms with E-state index >= 15 is 0 Å². The fourth-order valence-corrected chi connectivity index (χ4v) is 2.09. The molecular weight excluding hydrogens is 246 g/mol. The van der Waals surface area contributed by atoms with Gasteiger partial charge in [-0.25, -0.2) is 4.98 Å². The normalized spacial score (nSPS) is 11.8. The summed E-state index contributed by atoms with van der Waals surface area (Å²) < 4.78 is 2.01. The summed E-state index contributed by atoms with van der Waals surface area (Å²) in [5.74, 6) is 0. The summed E-state index contributed by atoms with van der Waals surface area (Å²) in [5.41, 5.74) is 3.83. The zero-order valence-corrected chi connectivity index (χ0v) is 12.3. The maximum atomic E-state index is 4.07. The van der Waals surface area contributed by atoms with E-state index in [2.05, 4.69) is 54.5 Å². The highest BCUT2D eigenvalue weighted by Gasteiger charge is 1.97. The molecule has 0 bridgehead atoms. The number of nitrogens with zero attached hydrogens (tertiary/aromatic N) is 2. The Morgan fingerprint density at radius 1 is 1.25 bits per heavy atom. The van der Waals surface area contributed by atoms with Crippen molar-refractivity contribution in [1.29, 1.82) is 0 Å². The van der Waals surface area contributed by atoms with Crippen LogP contribution in [0.2, 0.25) is 0 Å². The molecule has 2 rings (SSSR count). The lowest BCUT2D eigenvalue weighted by molar-refractivity contribution is 0.706. The molecule has 0 spiro atoms. The van der Waals surface area contributed by atoms with Gasteiger partial charge in [-0.1, -0.05) is 37.6 Å². The third-order valence-electron chi connectivity index (χ3n) is 3.30. The van der Waals surface area contributed by atoms with Crippen LogP contribution in [0.3, 0.4) is 0 Å². The van der Waals surface area contributed by atoms with Crippen LogP contribution in [0, 0.1) is 0 Å². The molecule has 106 valence electrons. The minimum Gasteiger partial charge on any atom is -0.313 e. The van der Waals surface area contributed by atoms with Gasteiger partial charge in [0.1, 0.15) is 0 Å². The van der Waals surface area contributed by atoms with Crippen molar-refractivity contribution >= 4 is 6.08 Å². The highest BCUT2D eigenvalue weighted by molar-refractivity contribution is 5.55. The molecule has 3 heteroatoms. The largest absolute Gasteiger partial charge is 0.313 e. The van der Waals surface area contributed by atoms with E-state index < -0.39 is 0 Å². The van der Waals surface area contributed by atoms with Crippen molar-refractivity contribution < 1.29 is 0 Å². The molecule has 0 radical (unpaired) electrons. The van der Waals surface area contributed by atoms with Gasteiger partial charge in [0.05, 0.1) is 6.33 Å². The highest BCUT2D eigenvalue weighted by Crippen LogP contribution is 2.13. The van der Waals surface area contributed by atoms with Gasteiger partial charge in [0.15, 0.2) is 0 Å². The Morgan fingerprint density at radius 2 is 2.05 bits per heavy atom. The Hall–Kier alpha value is -1.87. The molecule has 1 heterocycles. The summed E-state index contributed by atoms with van der Waals surface area (Å²) in [7, 11) is 0. The second-order valence-corrected chi connectivity index (χ2v) is 4.89. The van der Waals surface area contributed by atoms with Gasteiger partial charge in [0.25, 0.3) is 0 Å². The first-order valence-corrected chi connectivity index (χ1v) is 7.32. The molecule has 0 atom stereocenters. The molecule has 0 saturated heterocycles. The lowest BCUT2D eigenvalue weighted by atomic mass is 10.1. The number of hydrogen-bond acceptors (Lipinski definition) is 2. The van der Waals surface area contributed by atoms with Gasteiger partial charge < -0.3 is 9.88 Å². The molecule has 0 aliphatic rings. The van der Waals surface area contributed by atoms with Crippen molar-refractivity contribution in [3.05, 3.63) is 54.1 Å². The first-order chi connectivity index (χ1) is 9.83. The number of rotatable bonds is 7. The summed E-state index contributed by atoms with van der Waals surface area (Å²) in [6.45, 7) is 6.46. The van der Waals surface area contributed by atoms with Crippen LogP contribution in [-0.4, -0.2) is 22.6 Å². The molecule has 3 nitrogen and oxygen atoms in total. The fourth-order valence-electron chi connectivity index (χ4n) is 2.09. The SMILES string of the molecule is CCCNCC(=Cc1ccc(-n2ccnc2)cc1)CC. The molecule has 0 saturated carbocycles. The molecule has 1 N–H and O–H groups in total. The Bertz CT molecular complexity index is 524. The predicted octanol–water partition coefficient (Wildman–Crippen LogP) is 3.67. The van der Waals surface area contributed by atoms with E-state index in [-0.39, 0.29) is 0 Å². The zero-order chi connectivity index (χ0) is 14.2. The molecule has 2 aromatic rings. The van der Waals surface area contributed by atoms with E-state index in [0.717, 1.165) is 25.2 Å². The third kappa shape index (κ3) is 4.07. The van der Waals surface area contributed by atoms with Crippen molar-refractivity contribution in [2.45, 2.75) is 26.7 Å². The monoisotopic (exact) mass is 269 g/mol. The van der Waals surface area contributed by atoms with Crippen molar-refractivity contribution in [1.82, 2.24) is 14.9 Å². The number of imidazole rings is 1. The van der Waals surface area contributed by atoms with E-state index in [9.17, 15) is 0 Å². The second-order valence-electron chi connectivity index (χ2n) is 4.89. The quantitative estimate of drug-likeness (QED) is 0.777. The van der Waals surface area contributed by atoms with Gasteiger partial charge >= 0.3 is 0 Å². The molecule has 1 aromatic heterocycles. The predicted molar refractivity (Wildman–Crippen MR) is 85.0 cm³/mol. The standard InChI is InChI=1S/C17H23N3/c1-3-9-18-13-15(4-2)12-16-5-7-17(8-6-16)20-11-10-19-14-20/h5-8,10-12,14,18H,3-4,9,13H2,1-2H3. The molecule has 0 amide bonds. The average molecular weight is 269 g/mol. The summed E-state index contributed by atoms with van der Waals surface area (Å²) in [6, 6.07) is 8.57. The van der Waals surface area contributed by atoms with E-state index in [1.165, 1.54) is 17.6 Å². The van der Waals surface area contributed by atoms with Crippen LogP contribution in [0.5, 0.6) is 0 Å². The van der Waals surface area contributed by atoms with Gasteiger partial charge in [0.2, 0.25) is 0 Å². The van der Waals surface area contributed by atoms with Crippen LogP contribution in [0.25, 0.3) is 11.8 Å². The third-order valence-corrected chi connectivity index (χ3v) is 3.30. The second kappa shape index (κ2) is 7.65. The van der Waals surface area contributed by atoms with Crippen LogP contribution in [0.15, 0.2) is 48.6 Å². The van der Waals surface area contributed by atoms with Crippen LogP contribution in [-0.2, 0) is 0 Å². The summed E-state index contributed by atoms with van der Waals surface area (Å²) in [4.78, 5) is 4.07. The summed E-state index contributed by atoms with van der Waals surface area (Å²) in [6.07, 6.45) is 10.1. The van der Waals surface area contributed by atoms with Gasteiger partial charge in [-0.2, -0.15) is 0 Å². The van der Waals surface area contributed by atoms with Crippen molar-refractivity contribution in [3.63, 3.8) is 0 Å². The van der Waals surface area contributed by atoms with Gasteiger partial charge in [-0.3, -0.25) is 0 Å². The van der Waals surface area contributed by atoms with E-state index in [0.29, 0.717) is 0 Å². The molecule has 0 unspecified atom stereocenters. The fraction of sp³-hybridized carbons (Fsp3) is 0.353. The molecule has 0 fully saturated rings. The lowest BCUT2D eigenvalue weighted by Crippen LogP contribution is -2.17. The topological polar surface area (TPSA) is 29.9 Å². The molecule has 1 aromatic carbocycles. The first-order valence-electron chi connectivity index (χ1n) is 7.32. The van der Waals surface area contributed by atoms with Crippen LogP contribution in [0.4, 0.5) is 0 Å². The van der Waals surface area contributed by atoms with Crippen LogP contribution >= 0.6 is 0 Å². The Balaban J connectivity index is 2.05. The number of hydrogen-bond donors (Lipinski definition) is 1. The van der Waals surface area contributed by atoms with E-state index in [4.69, 9.17) is 0 Å². The van der Waals surface area contributed by atoms with Gasteiger partial charge in [0, 0.05) is 24.6 Å². The van der Waals surface area contributed by atoms with Gasteiger partial charge in [-0.15, -0.1) is 0 Å². The highest BCUT2D eigenvalue weighted by atomic mass is 15.0. The van der Waals surface area contributed by atoms with Crippen LogP contribution < -0.4 is 5.32 Å². The lowest BCUT2D eigenvalue weighted by Gasteiger charge is -2.07. The van der Waals surface area contributed by atoms with Crippen molar-refractivity contribution in [3.8, 4) is 5.69 Å². The first kappa shape index (κ1) is 14.5. The summed E-state index contributed by atoms with van der Waals surface area (Å²) >= 11 is 0. The molecule has 0 aliphatic carbocycles. The van der Waals surface area contributed by atoms with Gasteiger partial charge in [-0.05, 0) is 37.1 Å². The molecular formula is C17H23N3. The zero-order valence-electron chi connectivity index (χ0n) is 12.3. The Kier molecular flexibility index (Phi) is 5.56. The number of benzene rings is 1. The summed E-state index contributed by atoms with van der Waals surface area (Å²) in [5, 5.41) is 3.46. The van der Waals surface area contributed by atoms with Crippen molar-refractivity contribution in [2.75, 3.05) is 13.1 Å². The minimum atomic E-state index is 0.980.